The van der Waals surface area contributed by atoms with Crippen LogP contribution >= 0.6 is 0 Å². The third-order valence-electron chi connectivity index (χ3n) is 4.29. The van der Waals surface area contributed by atoms with Crippen molar-refractivity contribution in [1.82, 2.24) is 5.32 Å². The van der Waals surface area contributed by atoms with Crippen molar-refractivity contribution in [1.29, 1.82) is 0 Å². The van der Waals surface area contributed by atoms with Crippen LogP contribution in [0.5, 0.6) is 0 Å². The zero-order valence-corrected chi connectivity index (χ0v) is 11.5. The second-order valence-electron chi connectivity index (χ2n) is 5.57. The van der Waals surface area contributed by atoms with Gasteiger partial charge in [-0.25, -0.2) is 4.39 Å². The molecule has 0 aromatic heterocycles. The Morgan fingerprint density at radius 3 is 2.67 bits per heavy atom. The predicted molar refractivity (Wildman–Crippen MR) is 74.1 cm³/mol. The standard InChI is InChI=1S/C16H24FN/c1-12-11-14(17)8-9-15(12)16(18-2)10-7-13-5-3-4-6-13/h8-9,11,13,16,18H,3-7,10H2,1-2H3. The largest absolute Gasteiger partial charge is 0.313 e. The average Bonchev–Trinajstić information content (AvgIpc) is 2.85. The van der Waals surface area contributed by atoms with Gasteiger partial charge in [0.05, 0.1) is 0 Å². The third kappa shape index (κ3) is 3.32. The molecule has 0 heterocycles. The molecule has 0 aliphatic heterocycles. The molecular formula is C16H24FN. The zero-order valence-electron chi connectivity index (χ0n) is 11.5. The molecule has 1 atom stereocenters. The first kappa shape index (κ1) is 13.5. The van der Waals surface area contributed by atoms with Gasteiger partial charge in [0.15, 0.2) is 0 Å². The highest BCUT2D eigenvalue weighted by Crippen LogP contribution is 2.32. The highest BCUT2D eigenvalue weighted by molar-refractivity contribution is 5.29. The monoisotopic (exact) mass is 249 g/mol. The van der Waals surface area contributed by atoms with Crippen molar-refractivity contribution in [3.63, 3.8) is 0 Å². The van der Waals surface area contributed by atoms with E-state index >= 15 is 0 Å². The first-order valence-electron chi connectivity index (χ1n) is 7.14. The average molecular weight is 249 g/mol. The molecule has 0 saturated heterocycles. The van der Waals surface area contributed by atoms with Crippen molar-refractivity contribution in [2.45, 2.75) is 51.5 Å². The minimum absolute atomic E-state index is 0.137. The number of rotatable bonds is 5. The summed E-state index contributed by atoms with van der Waals surface area (Å²) in [5.41, 5.74) is 2.30. The minimum Gasteiger partial charge on any atom is -0.313 e. The SMILES string of the molecule is CNC(CCC1CCCC1)c1ccc(F)cc1C. The van der Waals surface area contributed by atoms with Crippen molar-refractivity contribution in [2.24, 2.45) is 5.92 Å². The molecule has 1 fully saturated rings. The predicted octanol–water partition coefficient (Wildman–Crippen LogP) is 4.37. The molecule has 1 unspecified atom stereocenters. The summed E-state index contributed by atoms with van der Waals surface area (Å²) in [7, 11) is 2.00. The lowest BCUT2D eigenvalue weighted by Crippen LogP contribution is -2.18. The molecule has 1 aromatic rings. The molecule has 1 saturated carbocycles. The summed E-state index contributed by atoms with van der Waals surface area (Å²) in [4.78, 5) is 0. The molecule has 1 nitrogen and oxygen atoms in total. The van der Waals surface area contributed by atoms with Crippen molar-refractivity contribution >= 4 is 0 Å². The first-order valence-corrected chi connectivity index (χ1v) is 7.14. The maximum atomic E-state index is 13.1. The smallest absolute Gasteiger partial charge is 0.123 e. The molecule has 2 rings (SSSR count). The van der Waals surface area contributed by atoms with E-state index in [-0.39, 0.29) is 5.82 Å². The third-order valence-corrected chi connectivity index (χ3v) is 4.29. The van der Waals surface area contributed by atoms with Gasteiger partial charge in [0.25, 0.3) is 0 Å². The van der Waals surface area contributed by atoms with Crippen molar-refractivity contribution in [3.05, 3.63) is 35.1 Å². The van der Waals surface area contributed by atoms with E-state index in [1.165, 1.54) is 37.7 Å². The zero-order chi connectivity index (χ0) is 13.0. The van der Waals surface area contributed by atoms with Crippen LogP contribution in [0.3, 0.4) is 0 Å². The topological polar surface area (TPSA) is 12.0 Å². The Balaban J connectivity index is 1.98. The number of aryl methyl sites for hydroxylation is 1. The lowest BCUT2D eigenvalue weighted by atomic mass is 9.93. The fourth-order valence-electron chi connectivity index (χ4n) is 3.19. The molecule has 1 aliphatic carbocycles. The summed E-state index contributed by atoms with van der Waals surface area (Å²) in [6.45, 7) is 2.00. The Labute approximate surface area is 110 Å². The van der Waals surface area contributed by atoms with Crippen molar-refractivity contribution in [2.75, 3.05) is 7.05 Å². The van der Waals surface area contributed by atoms with Crippen LogP contribution in [0.15, 0.2) is 18.2 Å². The van der Waals surface area contributed by atoms with E-state index in [0.29, 0.717) is 6.04 Å². The Morgan fingerprint density at radius 1 is 1.33 bits per heavy atom. The quantitative estimate of drug-likeness (QED) is 0.817. The number of nitrogens with one attached hydrogen (secondary N) is 1. The highest BCUT2D eigenvalue weighted by Gasteiger charge is 2.18. The first-order chi connectivity index (χ1) is 8.70. The Bertz CT molecular complexity index is 383. The van der Waals surface area contributed by atoms with E-state index in [0.717, 1.165) is 17.9 Å². The van der Waals surface area contributed by atoms with Gasteiger partial charge in [0.2, 0.25) is 0 Å². The summed E-state index contributed by atoms with van der Waals surface area (Å²) in [5, 5.41) is 3.38. The van der Waals surface area contributed by atoms with Crippen LogP contribution in [0, 0.1) is 18.7 Å². The fraction of sp³-hybridized carbons (Fsp3) is 0.625. The van der Waals surface area contributed by atoms with Gasteiger partial charge in [-0.05, 0) is 56.0 Å². The summed E-state index contributed by atoms with van der Waals surface area (Å²) in [6.07, 6.45) is 8.07. The van der Waals surface area contributed by atoms with Crippen LogP contribution in [0.1, 0.15) is 55.7 Å². The molecule has 0 spiro atoms. The van der Waals surface area contributed by atoms with Crippen LogP contribution in [0.4, 0.5) is 4.39 Å². The van der Waals surface area contributed by atoms with Crippen LogP contribution in [0.25, 0.3) is 0 Å². The van der Waals surface area contributed by atoms with E-state index < -0.39 is 0 Å². The number of hydrogen-bond donors (Lipinski definition) is 1. The van der Waals surface area contributed by atoms with Gasteiger partial charge in [-0.1, -0.05) is 31.7 Å². The van der Waals surface area contributed by atoms with E-state index in [9.17, 15) is 4.39 Å². The van der Waals surface area contributed by atoms with E-state index in [4.69, 9.17) is 0 Å². The van der Waals surface area contributed by atoms with Gasteiger partial charge < -0.3 is 5.32 Å². The van der Waals surface area contributed by atoms with Crippen LogP contribution in [-0.2, 0) is 0 Å². The molecule has 1 aliphatic rings. The molecular weight excluding hydrogens is 225 g/mol. The highest BCUT2D eigenvalue weighted by atomic mass is 19.1. The number of halogens is 1. The van der Waals surface area contributed by atoms with Crippen molar-refractivity contribution < 1.29 is 4.39 Å². The normalized spacial score (nSPS) is 18.2. The molecule has 1 N–H and O–H groups in total. The molecule has 0 amide bonds. The fourth-order valence-corrected chi connectivity index (χ4v) is 3.19. The van der Waals surface area contributed by atoms with Crippen LogP contribution < -0.4 is 5.32 Å². The lowest BCUT2D eigenvalue weighted by molar-refractivity contribution is 0.426. The molecule has 0 radical (unpaired) electrons. The van der Waals surface area contributed by atoms with Crippen LogP contribution in [0.2, 0.25) is 0 Å². The van der Waals surface area contributed by atoms with Gasteiger partial charge in [-0.15, -0.1) is 0 Å². The Hall–Kier alpha value is -0.890. The van der Waals surface area contributed by atoms with Crippen LogP contribution in [-0.4, -0.2) is 7.05 Å². The second-order valence-corrected chi connectivity index (χ2v) is 5.57. The second kappa shape index (κ2) is 6.33. The maximum Gasteiger partial charge on any atom is 0.123 e. The summed E-state index contributed by atoms with van der Waals surface area (Å²) < 4.78 is 13.1. The minimum atomic E-state index is -0.137. The number of hydrogen-bond acceptors (Lipinski definition) is 1. The molecule has 18 heavy (non-hydrogen) atoms. The van der Waals surface area contributed by atoms with Gasteiger partial charge in [-0.3, -0.25) is 0 Å². The molecule has 2 heteroatoms. The van der Waals surface area contributed by atoms with E-state index in [1.807, 2.05) is 20.0 Å². The lowest BCUT2D eigenvalue weighted by Gasteiger charge is -2.20. The van der Waals surface area contributed by atoms with Gasteiger partial charge in [0, 0.05) is 6.04 Å². The Morgan fingerprint density at radius 2 is 2.06 bits per heavy atom. The summed E-state index contributed by atoms with van der Waals surface area (Å²) in [6, 6.07) is 5.50. The van der Waals surface area contributed by atoms with Gasteiger partial charge >= 0.3 is 0 Å². The number of benzene rings is 1. The molecule has 0 bridgehead atoms. The van der Waals surface area contributed by atoms with Gasteiger partial charge in [-0.2, -0.15) is 0 Å². The van der Waals surface area contributed by atoms with E-state index in [2.05, 4.69) is 5.32 Å². The van der Waals surface area contributed by atoms with E-state index in [1.54, 1.807) is 12.1 Å². The summed E-state index contributed by atoms with van der Waals surface area (Å²) >= 11 is 0. The van der Waals surface area contributed by atoms with Gasteiger partial charge in [0.1, 0.15) is 5.82 Å². The van der Waals surface area contributed by atoms with Crippen molar-refractivity contribution in [3.8, 4) is 0 Å². The maximum absolute atomic E-state index is 13.1. The molecule has 100 valence electrons. The summed E-state index contributed by atoms with van der Waals surface area (Å²) in [5.74, 6) is 0.781. The molecule has 1 aromatic carbocycles. The Kier molecular flexibility index (Phi) is 4.76.